The zero-order valence-corrected chi connectivity index (χ0v) is 14.8. The standard InChI is InChI=1S/C19H20Cl2N2O/c20-14-5-8-16(21)13(11-14)12-19(24)23-10-9-22(15-6-7-15)17-3-1-2-4-18(17)23/h1-5,8,11,15,19,24H,6-7,9-10,12H2. The van der Waals surface area contributed by atoms with E-state index >= 15 is 0 Å². The third-order valence-electron chi connectivity index (χ3n) is 4.84. The van der Waals surface area contributed by atoms with E-state index in [0.29, 0.717) is 22.5 Å². The maximum absolute atomic E-state index is 10.8. The first-order valence-corrected chi connectivity index (χ1v) is 9.13. The third-order valence-corrected chi connectivity index (χ3v) is 5.44. The molecule has 1 fully saturated rings. The molecule has 0 bridgehead atoms. The molecule has 24 heavy (non-hydrogen) atoms. The van der Waals surface area contributed by atoms with Crippen LogP contribution >= 0.6 is 23.2 Å². The minimum absolute atomic E-state index is 0.456. The van der Waals surface area contributed by atoms with Crippen LogP contribution in [0.4, 0.5) is 11.4 Å². The van der Waals surface area contributed by atoms with Gasteiger partial charge >= 0.3 is 0 Å². The largest absolute Gasteiger partial charge is 0.373 e. The quantitative estimate of drug-likeness (QED) is 0.875. The Hall–Kier alpha value is -1.42. The maximum Gasteiger partial charge on any atom is 0.131 e. The normalized spacial score (nSPS) is 18.5. The predicted molar refractivity (Wildman–Crippen MR) is 100 cm³/mol. The summed E-state index contributed by atoms with van der Waals surface area (Å²) < 4.78 is 0. The van der Waals surface area contributed by atoms with E-state index in [4.69, 9.17) is 23.2 Å². The average molecular weight is 363 g/mol. The van der Waals surface area contributed by atoms with Crippen molar-refractivity contribution >= 4 is 34.6 Å². The summed E-state index contributed by atoms with van der Waals surface area (Å²) in [7, 11) is 0. The number of rotatable bonds is 4. The molecule has 1 aliphatic heterocycles. The average Bonchev–Trinajstić information content (AvgIpc) is 3.42. The lowest BCUT2D eigenvalue weighted by atomic mass is 10.1. The Labute approximate surface area is 152 Å². The summed E-state index contributed by atoms with van der Waals surface area (Å²) in [5.74, 6) is 0. The Kier molecular flexibility index (Phi) is 4.33. The van der Waals surface area contributed by atoms with Gasteiger partial charge in [-0.25, -0.2) is 0 Å². The monoisotopic (exact) mass is 362 g/mol. The van der Waals surface area contributed by atoms with Gasteiger partial charge in [-0.2, -0.15) is 0 Å². The van der Waals surface area contributed by atoms with Gasteiger partial charge in [0, 0.05) is 35.6 Å². The van der Waals surface area contributed by atoms with Crippen molar-refractivity contribution in [3.05, 3.63) is 58.1 Å². The fourth-order valence-corrected chi connectivity index (χ4v) is 3.88. The van der Waals surface area contributed by atoms with Gasteiger partial charge < -0.3 is 14.9 Å². The van der Waals surface area contributed by atoms with Crippen LogP contribution < -0.4 is 9.80 Å². The minimum atomic E-state index is -0.622. The zero-order chi connectivity index (χ0) is 16.7. The van der Waals surface area contributed by atoms with Gasteiger partial charge in [0.1, 0.15) is 6.23 Å². The first-order valence-electron chi connectivity index (χ1n) is 8.38. The van der Waals surface area contributed by atoms with Crippen LogP contribution in [0, 0.1) is 0 Å². The summed E-state index contributed by atoms with van der Waals surface area (Å²) in [5.41, 5.74) is 3.20. The van der Waals surface area contributed by atoms with E-state index in [2.05, 4.69) is 28.0 Å². The number of benzene rings is 2. The van der Waals surface area contributed by atoms with E-state index in [1.54, 1.807) is 12.1 Å². The number of fused-ring (bicyclic) bond motifs is 1. The molecule has 1 unspecified atom stereocenters. The van der Waals surface area contributed by atoms with Crippen molar-refractivity contribution in [3.8, 4) is 0 Å². The highest BCUT2D eigenvalue weighted by atomic mass is 35.5. The van der Waals surface area contributed by atoms with E-state index in [0.717, 1.165) is 24.3 Å². The molecule has 0 spiro atoms. The Morgan fingerprint density at radius 1 is 1.04 bits per heavy atom. The van der Waals surface area contributed by atoms with Crippen LogP contribution in [0.2, 0.25) is 10.0 Å². The molecule has 1 atom stereocenters. The molecule has 3 nitrogen and oxygen atoms in total. The first kappa shape index (κ1) is 16.1. The molecule has 1 aliphatic carbocycles. The highest BCUT2D eigenvalue weighted by molar-refractivity contribution is 6.33. The van der Waals surface area contributed by atoms with Gasteiger partial charge in [-0.1, -0.05) is 35.3 Å². The molecule has 5 heteroatoms. The van der Waals surface area contributed by atoms with Gasteiger partial charge in [-0.15, -0.1) is 0 Å². The molecule has 126 valence electrons. The number of aliphatic hydroxyl groups excluding tert-OH is 1. The number of para-hydroxylation sites is 2. The number of anilines is 2. The van der Waals surface area contributed by atoms with Crippen LogP contribution in [0.5, 0.6) is 0 Å². The van der Waals surface area contributed by atoms with Gasteiger partial charge in [0.15, 0.2) is 0 Å². The maximum atomic E-state index is 10.8. The Morgan fingerprint density at radius 3 is 2.54 bits per heavy atom. The SMILES string of the molecule is OC(Cc1cc(Cl)ccc1Cl)N1CCN(C2CC2)c2ccccc21. The lowest BCUT2D eigenvalue weighted by molar-refractivity contribution is 0.168. The summed E-state index contributed by atoms with van der Waals surface area (Å²) >= 11 is 12.3. The second-order valence-corrected chi connectivity index (χ2v) is 7.37. The topological polar surface area (TPSA) is 26.7 Å². The predicted octanol–water partition coefficient (Wildman–Crippen LogP) is 4.34. The van der Waals surface area contributed by atoms with Crippen molar-refractivity contribution in [2.45, 2.75) is 31.5 Å². The van der Waals surface area contributed by atoms with E-state index in [1.165, 1.54) is 18.5 Å². The third kappa shape index (κ3) is 3.08. The van der Waals surface area contributed by atoms with E-state index in [9.17, 15) is 5.11 Å². The van der Waals surface area contributed by atoms with Gasteiger partial charge in [-0.3, -0.25) is 0 Å². The van der Waals surface area contributed by atoms with Crippen molar-refractivity contribution in [1.29, 1.82) is 0 Å². The van der Waals surface area contributed by atoms with Crippen LogP contribution in [-0.2, 0) is 6.42 Å². The van der Waals surface area contributed by atoms with Crippen LogP contribution in [0.15, 0.2) is 42.5 Å². The number of halogens is 2. The van der Waals surface area contributed by atoms with Gasteiger partial charge in [-0.05, 0) is 48.7 Å². The Balaban J connectivity index is 1.59. The summed E-state index contributed by atoms with van der Waals surface area (Å²) in [6, 6.07) is 14.4. The number of aliphatic hydroxyl groups is 1. The van der Waals surface area contributed by atoms with Crippen LogP contribution in [0.25, 0.3) is 0 Å². The summed E-state index contributed by atoms with van der Waals surface area (Å²) in [5, 5.41) is 12.1. The molecule has 2 aromatic rings. The molecule has 4 rings (SSSR count). The molecule has 0 saturated heterocycles. The first-order chi connectivity index (χ1) is 11.6. The van der Waals surface area contributed by atoms with Crippen molar-refractivity contribution in [1.82, 2.24) is 0 Å². The van der Waals surface area contributed by atoms with Crippen LogP contribution in [0.3, 0.4) is 0 Å². The highest BCUT2D eigenvalue weighted by Gasteiger charge is 2.35. The lowest BCUT2D eigenvalue weighted by Gasteiger charge is -2.41. The molecular formula is C19H20Cl2N2O. The zero-order valence-electron chi connectivity index (χ0n) is 13.3. The van der Waals surface area contributed by atoms with Gasteiger partial charge in [0.25, 0.3) is 0 Å². The van der Waals surface area contributed by atoms with E-state index in [-0.39, 0.29) is 0 Å². The van der Waals surface area contributed by atoms with Crippen LogP contribution in [0.1, 0.15) is 18.4 Å². The molecule has 2 aromatic carbocycles. The number of hydrogen-bond donors (Lipinski definition) is 1. The molecule has 2 aliphatic rings. The van der Waals surface area contributed by atoms with Crippen molar-refractivity contribution < 1.29 is 5.11 Å². The Morgan fingerprint density at radius 2 is 1.79 bits per heavy atom. The van der Waals surface area contributed by atoms with Gasteiger partial charge in [0.2, 0.25) is 0 Å². The molecule has 1 saturated carbocycles. The fraction of sp³-hybridized carbons (Fsp3) is 0.368. The minimum Gasteiger partial charge on any atom is -0.373 e. The van der Waals surface area contributed by atoms with Gasteiger partial charge in [0.05, 0.1) is 11.4 Å². The Bertz CT molecular complexity index is 748. The smallest absolute Gasteiger partial charge is 0.131 e. The summed E-state index contributed by atoms with van der Waals surface area (Å²) in [6.45, 7) is 1.76. The fourth-order valence-electron chi connectivity index (χ4n) is 3.49. The molecular weight excluding hydrogens is 343 g/mol. The molecule has 1 N–H and O–H groups in total. The van der Waals surface area contributed by atoms with Crippen molar-refractivity contribution in [2.75, 3.05) is 22.9 Å². The molecule has 0 aromatic heterocycles. The van der Waals surface area contributed by atoms with Crippen molar-refractivity contribution in [2.24, 2.45) is 0 Å². The number of nitrogens with zero attached hydrogens (tertiary/aromatic N) is 2. The molecule has 0 amide bonds. The summed E-state index contributed by atoms with van der Waals surface area (Å²) in [6.07, 6.45) is 2.38. The lowest BCUT2D eigenvalue weighted by Crippen LogP contribution is -2.47. The second kappa shape index (κ2) is 6.47. The molecule has 0 radical (unpaired) electrons. The summed E-state index contributed by atoms with van der Waals surface area (Å²) in [4.78, 5) is 4.55. The molecule has 1 heterocycles. The highest BCUT2D eigenvalue weighted by Crippen LogP contribution is 2.40. The second-order valence-electron chi connectivity index (χ2n) is 6.53. The number of hydrogen-bond acceptors (Lipinski definition) is 3. The van der Waals surface area contributed by atoms with Crippen LogP contribution in [-0.4, -0.2) is 30.5 Å². The van der Waals surface area contributed by atoms with E-state index in [1.807, 2.05) is 12.1 Å². The van der Waals surface area contributed by atoms with Crippen molar-refractivity contribution in [3.63, 3.8) is 0 Å². The van der Waals surface area contributed by atoms with E-state index < -0.39 is 6.23 Å².